The number of aromatic nitrogens is 1. The third-order valence-corrected chi connectivity index (χ3v) is 6.89. The Hall–Kier alpha value is -1.43. The average molecular weight is 463 g/mol. The zero-order valence-electron chi connectivity index (χ0n) is 18.7. The highest BCUT2D eigenvalue weighted by Crippen LogP contribution is 2.46. The van der Waals surface area contributed by atoms with Gasteiger partial charge >= 0.3 is 0 Å². The molecule has 3 aliphatic heterocycles. The van der Waals surface area contributed by atoms with Crippen molar-refractivity contribution in [1.82, 2.24) is 10.0 Å². The van der Waals surface area contributed by atoms with Crippen molar-refractivity contribution in [1.29, 1.82) is 0 Å². The van der Waals surface area contributed by atoms with Crippen molar-refractivity contribution in [3.05, 3.63) is 52.5 Å². The topological polar surface area (TPSA) is 82.5 Å². The van der Waals surface area contributed by atoms with Crippen LogP contribution in [0.15, 0.2) is 41.9 Å². The van der Waals surface area contributed by atoms with Crippen LogP contribution in [-0.2, 0) is 30.2 Å². The molecule has 0 amide bonds. The number of hydroxylamine groups is 2. The second-order valence-electron chi connectivity index (χ2n) is 9.40. The molecule has 1 aromatic carbocycles. The lowest BCUT2D eigenvalue weighted by molar-refractivity contribution is -0.232. The minimum Gasteiger partial charge on any atom is -0.364 e. The molecule has 0 aliphatic carbocycles. The van der Waals surface area contributed by atoms with E-state index < -0.39 is 23.7 Å². The lowest BCUT2D eigenvalue weighted by atomic mass is 10.00. The Bertz CT molecular complexity index is 908. The van der Waals surface area contributed by atoms with Gasteiger partial charge in [-0.1, -0.05) is 30.3 Å². The molecule has 4 heterocycles. The number of hydrogen-bond acceptors (Lipinski definition) is 9. The maximum Gasteiger partial charge on any atom is 0.164 e. The lowest BCUT2D eigenvalue weighted by Gasteiger charge is -2.33. The number of fused-ring (bicyclic) bond motifs is 1. The van der Waals surface area contributed by atoms with Gasteiger partial charge in [0.1, 0.15) is 41.6 Å². The Labute approximate surface area is 192 Å². The van der Waals surface area contributed by atoms with E-state index in [1.807, 2.05) is 63.4 Å². The van der Waals surface area contributed by atoms with Gasteiger partial charge in [-0.3, -0.25) is 0 Å². The second-order valence-corrected chi connectivity index (χ2v) is 10.3. The fourth-order valence-corrected chi connectivity index (χ4v) is 5.56. The van der Waals surface area contributed by atoms with Crippen LogP contribution in [0.1, 0.15) is 44.3 Å². The predicted molar refractivity (Wildman–Crippen MR) is 116 cm³/mol. The van der Waals surface area contributed by atoms with Gasteiger partial charge in [0.15, 0.2) is 11.6 Å². The van der Waals surface area contributed by atoms with E-state index in [-0.39, 0.29) is 24.4 Å². The molecule has 3 saturated heterocycles. The van der Waals surface area contributed by atoms with Gasteiger partial charge in [0.05, 0.1) is 6.61 Å². The molecule has 0 radical (unpaired) electrons. The first-order valence-electron chi connectivity index (χ1n) is 10.9. The standard InChI is InChI=1S/C23H30N2O6S/c1-22(2)27-13-15(29-22)17-19-20(31-23(3,4)30-19)18(28-17)16(21-24-10-11-32-21)25(26)12-14-8-6-5-7-9-14/h5-11,15-20,26H,12-13H2,1-4H3/t15-,16+,17-,18+,19+,20-/m1/s1. The van der Waals surface area contributed by atoms with Crippen molar-refractivity contribution in [3.63, 3.8) is 0 Å². The van der Waals surface area contributed by atoms with Crippen LogP contribution >= 0.6 is 11.3 Å². The molecule has 6 atom stereocenters. The van der Waals surface area contributed by atoms with E-state index in [0.29, 0.717) is 13.2 Å². The lowest BCUT2D eigenvalue weighted by Crippen LogP contribution is -2.41. The third-order valence-electron chi connectivity index (χ3n) is 6.05. The maximum absolute atomic E-state index is 11.2. The smallest absolute Gasteiger partial charge is 0.164 e. The van der Waals surface area contributed by atoms with Crippen LogP contribution < -0.4 is 0 Å². The molecule has 0 unspecified atom stereocenters. The Kier molecular flexibility index (Phi) is 5.88. The largest absolute Gasteiger partial charge is 0.364 e. The molecule has 32 heavy (non-hydrogen) atoms. The molecule has 174 valence electrons. The molecule has 3 fully saturated rings. The van der Waals surface area contributed by atoms with E-state index in [0.717, 1.165) is 10.6 Å². The SMILES string of the molecule is CC1(C)O[C@@H]2[C@H](O1)[C@H]([C@@H](c1nccs1)N(O)Cc1ccccc1)O[C@@H]2[C@H]1COC(C)(C)O1. The molecule has 1 aromatic heterocycles. The molecule has 0 bridgehead atoms. The van der Waals surface area contributed by atoms with Gasteiger partial charge in [-0.25, -0.2) is 4.98 Å². The summed E-state index contributed by atoms with van der Waals surface area (Å²) in [5.41, 5.74) is 0.987. The van der Waals surface area contributed by atoms with Crippen LogP contribution in [0.4, 0.5) is 0 Å². The highest BCUT2D eigenvalue weighted by molar-refractivity contribution is 7.09. The van der Waals surface area contributed by atoms with Crippen LogP contribution in [-0.4, -0.2) is 64.0 Å². The van der Waals surface area contributed by atoms with E-state index in [9.17, 15) is 5.21 Å². The number of nitrogens with zero attached hydrogens (tertiary/aromatic N) is 2. The molecule has 2 aromatic rings. The summed E-state index contributed by atoms with van der Waals surface area (Å²) in [6, 6.07) is 9.29. The van der Waals surface area contributed by atoms with E-state index in [2.05, 4.69) is 4.98 Å². The van der Waals surface area contributed by atoms with Gasteiger partial charge in [-0.2, -0.15) is 5.06 Å². The van der Waals surface area contributed by atoms with Crippen molar-refractivity contribution >= 4 is 11.3 Å². The van der Waals surface area contributed by atoms with Crippen LogP contribution in [0.3, 0.4) is 0 Å². The van der Waals surface area contributed by atoms with E-state index >= 15 is 0 Å². The highest BCUT2D eigenvalue weighted by atomic mass is 32.1. The fourth-order valence-electron chi connectivity index (χ4n) is 4.78. The molecule has 0 spiro atoms. The molecular formula is C23H30N2O6S. The Morgan fingerprint density at radius 1 is 1.06 bits per heavy atom. The molecule has 5 rings (SSSR count). The van der Waals surface area contributed by atoms with Crippen molar-refractivity contribution in [2.24, 2.45) is 0 Å². The fraction of sp³-hybridized carbons (Fsp3) is 0.609. The first-order chi connectivity index (χ1) is 15.2. The Balaban J connectivity index is 1.45. The van der Waals surface area contributed by atoms with Crippen molar-refractivity contribution in [2.45, 2.75) is 82.4 Å². The summed E-state index contributed by atoms with van der Waals surface area (Å²) in [7, 11) is 0. The molecule has 3 aliphatic rings. The molecule has 9 heteroatoms. The van der Waals surface area contributed by atoms with Gasteiger partial charge < -0.3 is 28.9 Å². The van der Waals surface area contributed by atoms with Crippen LogP contribution in [0.25, 0.3) is 0 Å². The average Bonchev–Trinajstić information content (AvgIpc) is 3.49. The van der Waals surface area contributed by atoms with E-state index in [4.69, 9.17) is 23.7 Å². The number of rotatable bonds is 6. The maximum atomic E-state index is 11.2. The molecule has 8 nitrogen and oxygen atoms in total. The predicted octanol–water partition coefficient (Wildman–Crippen LogP) is 3.51. The van der Waals surface area contributed by atoms with Crippen LogP contribution in [0.2, 0.25) is 0 Å². The summed E-state index contributed by atoms with van der Waals surface area (Å²) >= 11 is 1.48. The first kappa shape index (κ1) is 22.4. The van der Waals surface area contributed by atoms with Gasteiger partial charge in [0, 0.05) is 18.1 Å². The number of hydrogen-bond donors (Lipinski definition) is 1. The highest BCUT2D eigenvalue weighted by Gasteiger charge is 2.61. The normalized spacial score (nSPS) is 34.1. The number of benzene rings is 1. The van der Waals surface area contributed by atoms with Crippen molar-refractivity contribution in [3.8, 4) is 0 Å². The van der Waals surface area contributed by atoms with E-state index in [1.165, 1.54) is 16.4 Å². The Morgan fingerprint density at radius 2 is 1.81 bits per heavy atom. The zero-order chi connectivity index (χ0) is 22.5. The first-order valence-corrected chi connectivity index (χ1v) is 11.8. The minimum absolute atomic E-state index is 0.293. The Morgan fingerprint density at radius 3 is 2.47 bits per heavy atom. The molecule has 1 N–H and O–H groups in total. The second kappa shape index (κ2) is 8.41. The van der Waals surface area contributed by atoms with Gasteiger partial charge in [0.25, 0.3) is 0 Å². The minimum atomic E-state index is -0.766. The summed E-state index contributed by atoms with van der Waals surface area (Å²) < 4.78 is 31.0. The van der Waals surface area contributed by atoms with Crippen LogP contribution in [0, 0.1) is 0 Å². The van der Waals surface area contributed by atoms with Gasteiger partial charge in [-0.05, 0) is 33.3 Å². The summed E-state index contributed by atoms with van der Waals surface area (Å²) in [6.07, 6.45) is -0.176. The number of ether oxygens (including phenoxy) is 5. The van der Waals surface area contributed by atoms with E-state index in [1.54, 1.807) is 6.20 Å². The monoisotopic (exact) mass is 462 g/mol. The summed E-state index contributed by atoms with van der Waals surface area (Å²) in [6.45, 7) is 8.31. The third kappa shape index (κ3) is 4.36. The molecular weight excluding hydrogens is 432 g/mol. The summed E-state index contributed by atoms with van der Waals surface area (Å²) in [5.74, 6) is -1.45. The van der Waals surface area contributed by atoms with Crippen LogP contribution in [0.5, 0.6) is 0 Å². The quantitative estimate of drug-likeness (QED) is 0.653. The number of thiazole rings is 1. The van der Waals surface area contributed by atoms with Crippen molar-refractivity contribution in [2.75, 3.05) is 6.61 Å². The van der Waals surface area contributed by atoms with Gasteiger partial charge in [0.2, 0.25) is 0 Å². The van der Waals surface area contributed by atoms with Gasteiger partial charge in [-0.15, -0.1) is 11.3 Å². The summed E-state index contributed by atoms with van der Waals surface area (Å²) in [4.78, 5) is 4.50. The summed E-state index contributed by atoms with van der Waals surface area (Å²) in [5, 5.41) is 15.2. The zero-order valence-corrected chi connectivity index (χ0v) is 19.5. The van der Waals surface area contributed by atoms with Crippen molar-refractivity contribution < 1.29 is 28.9 Å². The molecule has 0 saturated carbocycles.